The van der Waals surface area contributed by atoms with Crippen molar-refractivity contribution in [3.63, 3.8) is 0 Å². The van der Waals surface area contributed by atoms with Gasteiger partial charge in [0.1, 0.15) is 0 Å². The highest BCUT2D eigenvalue weighted by Gasteiger charge is 2.36. The number of para-hydroxylation sites is 1. The predicted octanol–water partition coefficient (Wildman–Crippen LogP) is 3.93. The van der Waals surface area contributed by atoms with Crippen LogP contribution < -0.4 is 5.73 Å². The summed E-state index contributed by atoms with van der Waals surface area (Å²) in [5, 5.41) is 1.10. The van der Waals surface area contributed by atoms with Gasteiger partial charge in [-0.2, -0.15) is 0 Å². The van der Waals surface area contributed by atoms with Crippen LogP contribution in [0.15, 0.2) is 36.4 Å². The number of rotatable bonds is 3. The highest BCUT2D eigenvalue weighted by molar-refractivity contribution is 5.78. The summed E-state index contributed by atoms with van der Waals surface area (Å²) >= 11 is 0. The number of hydrogen-bond acceptors (Lipinski definition) is 2. The number of nitrogens with two attached hydrogens (primary N) is 1. The molecule has 1 aromatic carbocycles. The second-order valence-corrected chi connectivity index (χ2v) is 6.06. The summed E-state index contributed by atoms with van der Waals surface area (Å²) in [7, 11) is 0. The molecule has 112 valence electrons. The first-order chi connectivity index (χ1) is 10.0. The van der Waals surface area contributed by atoms with Gasteiger partial charge in [-0.05, 0) is 30.9 Å². The van der Waals surface area contributed by atoms with Gasteiger partial charge in [-0.1, -0.05) is 24.3 Å². The average Bonchev–Trinajstić information content (AvgIpc) is 2.47. The molecule has 0 bridgehead atoms. The van der Waals surface area contributed by atoms with E-state index in [1.54, 1.807) is 0 Å². The number of nitrogens with zero attached hydrogens (tertiary/aromatic N) is 1. The van der Waals surface area contributed by atoms with E-state index in [9.17, 15) is 8.78 Å². The van der Waals surface area contributed by atoms with Crippen LogP contribution in [0.25, 0.3) is 10.9 Å². The molecule has 2 aromatic rings. The maximum absolute atomic E-state index is 13.2. The molecule has 1 unspecified atom stereocenters. The van der Waals surface area contributed by atoms with E-state index >= 15 is 0 Å². The minimum absolute atomic E-state index is 0.0312. The Kier molecular flexibility index (Phi) is 3.89. The molecule has 0 aliphatic heterocycles. The third-order valence-electron chi connectivity index (χ3n) is 4.47. The zero-order chi connectivity index (χ0) is 14.9. The minimum Gasteiger partial charge on any atom is -0.327 e. The highest BCUT2D eigenvalue weighted by Crippen LogP contribution is 2.37. The molecule has 3 rings (SSSR count). The molecule has 4 heteroatoms. The molecule has 1 heterocycles. The molecule has 0 spiro atoms. The fraction of sp³-hybridized carbons (Fsp3) is 0.471. The third kappa shape index (κ3) is 3.38. The van der Waals surface area contributed by atoms with Crippen molar-refractivity contribution in [1.82, 2.24) is 4.98 Å². The Morgan fingerprint density at radius 3 is 2.62 bits per heavy atom. The van der Waals surface area contributed by atoms with E-state index in [1.165, 1.54) is 0 Å². The van der Waals surface area contributed by atoms with Crippen LogP contribution in [0, 0.1) is 5.92 Å². The molecule has 0 radical (unpaired) electrons. The Labute approximate surface area is 123 Å². The van der Waals surface area contributed by atoms with E-state index in [1.807, 2.05) is 36.4 Å². The van der Waals surface area contributed by atoms with Crippen molar-refractivity contribution >= 4 is 10.9 Å². The molecule has 0 saturated heterocycles. The SMILES string of the molecule is NC(Cc1ccc2ccccc2n1)C1CCC(F)(F)CC1. The van der Waals surface area contributed by atoms with Gasteiger partial charge in [0, 0.05) is 36.4 Å². The number of halogens is 2. The lowest BCUT2D eigenvalue weighted by Gasteiger charge is -2.31. The molecule has 1 aromatic heterocycles. The first-order valence-corrected chi connectivity index (χ1v) is 7.52. The summed E-state index contributed by atoms with van der Waals surface area (Å²) in [4.78, 5) is 4.61. The van der Waals surface area contributed by atoms with Crippen LogP contribution >= 0.6 is 0 Å². The molecule has 2 N–H and O–H groups in total. The van der Waals surface area contributed by atoms with Gasteiger partial charge in [0.15, 0.2) is 0 Å². The quantitative estimate of drug-likeness (QED) is 0.930. The van der Waals surface area contributed by atoms with Crippen molar-refractivity contribution < 1.29 is 8.78 Å². The van der Waals surface area contributed by atoms with E-state index in [-0.39, 0.29) is 24.8 Å². The van der Waals surface area contributed by atoms with E-state index in [4.69, 9.17) is 5.73 Å². The van der Waals surface area contributed by atoms with Gasteiger partial charge < -0.3 is 5.73 Å². The van der Waals surface area contributed by atoms with Gasteiger partial charge >= 0.3 is 0 Å². The van der Waals surface area contributed by atoms with Gasteiger partial charge in [0.2, 0.25) is 5.92 Å². The fourth-order valence-electron chi connectivity index (χ4n) is 3.12. The Hall–Kier alpha value is -1.55. The molecule has 1 fully saturated rings. The van der Waals surface area contributed by atoms with Crippen molar-refractivity contribution in [3.05, 3.63) is 42.1 Å². The molecule has 1 saturated carbocycles. The minimum atomic E-state index is -2.49. The Morgan fingerprint density at radius 2 is 1.86 bits per heavy atom. The molecule has 1 atom stereocenters. The molecule has 1 aliphatic rings. The predicted molar refractivity (Wildman–Crippen MR) is 80.3 cm³/mol. The summed E-state index contributed by atoms with van der Waals surface area (Å²) in [6.07, 6.45) is 1.62. The molecule has 21 heavy (non-hydrogen) atoms. The smallest absolute Gasteiger partial charge is 0.248 e. The number of hydrogen-bond donors (Lipinski definition) is 1. The maximum Gasteiger partial charge on any atom is 0.248 e. The lowest BCUT2D eigenvalue weighted by Crippen LogP contribution is -2.37. The van der Waals surface area contributed by atoms with Crippen molar-refractivity contribution in [3.8, 4) is 0 Å². The third-order valence-corrected chi connectivity index (χ3v) is 4.47. The standard InChI is InChI=1S/C17H20F2N2/c18-17(19)9-7-12(8-10-17)15(20)11-14-6-5-13-3-1-2-4-16(13)21-14/h1-6,12,15H,7-11,20H2. The van der Waals surface area contributed by atoms with Gasteiger partial charge in [-0.15, -0.1) is 0 Å². The van der Waals surface area contributed by atoms with Crippen LogP contribution in [-0.4, -0.2) is 16.9 Å². The summed E-state index contributed by atoms with van der Waals surface area (Å²) in [5.74, 6) is -2.31. The monoisotopic (exact) mass is 290 g/mol. The van der Waals surface area contributed by atoms with Gasteiger partial charge in [-0.25, -0.2) is 8.78 Å². The van der Waals surface area contributed by atoms with Crippen molar-refractivity contribution in [2.45, 2.75) is 44.1 Å². The lowest BCUT2D eigenvalue weighted by atomic mass is 9.81. The second kappa shape index (κ2) is 5.68. The number of pyridine rings is 1. The van der Waals surface area contributed by atoms with Crippen molar-refractivity contribution in [2.24, 2.45) is 11.7 Å². The van der Waals surface area contributed by atoms with Gasteiger partial charge in [0.25, 0.3) is 0 Å². The summed E-state index contributed by atoms with van der Waals surface area (Å²) < 4.78 is 26.4. The Balaban J connectivity index is 1.67. The summed E-state index contributed by atoms with van der Waals surface area (Å²) in [6, 6.07) is 11.9. The van der Waals surface area contributed by atoms with Gasteiger partial charge in [0.05, 0.1) is 5.52 Å². The molecule has 2 nitrogen and oxygen atoms in total. The first-order valence-electron chi connectivity index (χ1n) is 7.52. The van der Waals surface area contributed by atoms with Crippen LogP contribution in [0.2, 0.25) is 0 Å². The second-order valence-electron chi connectivity index (χ2n) is 6.06. The lowest BCUT2D eigenvalue weighted by molar-refractivity contribution is -0.0481. The van der Waals surface area contributed by atoms with Crippen LogP contribution in [0.4, 0.5) is 8.78 Å². The summed E-state index contributed by atoms with van der Waals surface area (Å²) in [5.41, 5.74) is 8.13. The summed E-state index contributed by atoms with van der Waals surface area (Å²) in [6.45, 7) is 0. The van der Waals surface area contributed by atoms with Crippen LogP contribution in [-0.2, 0) is 6.42 Å². The number of aromatic nitrogens is 1. The van der Waals surface area contributed by atoms with Crippen molar-refractivity contribution in [2.75, 3.05) is 0 Å². The molecule has 1 aliphatic carbocycles. The number of fused-ring (bicyclic) bond motifs is 1. The van der Waals surface area contributed by atoms with Crippen LogP contribution in [0.1, 0.15) is 31.4 Å². The van der Waals surface area contributed by atoms with Gasteiger partial charge in [-0.3, -0.25) is 4.98 Å². The number of benzene rings is 1. The van der Waals surface area contributed by atoms with Crippen LogP contribution in [0.5, 0.6) is 0 Å². The van der Waals surface area contributed by atoms with E-state index in [0.717, 1.165) is 16.6 Å². The first kappa shape index (κ1) is 14.4. The van der Waals surface area contributed by atoms with Crippen molar-refractivity contribution in [1.29, 1.82) is 0 Å². The normalized spacial score (nSPS) is 20.5. The van der Waals surface area contributed by atoms with E-state index in [0.29, 0.717) is 19.3 Å². The molecular weight excluding hydrogens is 270 g/mol. The zero-order valence-corrected chi connectivity index (χ0v) is 11.9. The zero-order valence-electron chi connectivity index (χ0n) is 11.9. The highest BCUT2D eigenvalue weighted by atomic mass is 19.3. The topological polar surface area (TPSA) is 38.9 Å². The Bertz CT molecular complexity index is 617. The van der Waals surface area contributed by atoms with E-state index in [2.05, 4.69) is 4.98 Å². The number of alkyl halides is 2. The van der Waals surface area contributed by atoms with E-state index < -0.39 is 5.92 Å². The fourth-order valence-corrected chi connectivity index (χ4v) is 3.12. The molecule has 0 amide bonds. The maximum atomic E-state index is 13.2. The largest absolute Gasteiger partial charge is 0.327 e. The average molecular weight is 290 g/mol. The molecular formula is C17H20F2N2. The van der Waals surface area contributed by atoms with Crippen LogP contribution in [0.3, 0.4) is 0 Å². The Morgan fingerprint density at radius 1 is 1.14 bits per heavy atom.